The number of rotatable bonds is 3. The summed E-state index contributed by atoms with van der Waals surface area (Å²) in [4.78, 5) is 21.6. The second-order valence-electron chi connectivity index (χ2n) is 4.69. The lowest BCUT2D eigenvalue weighted by atomic mass is 10.1. The molecule has 0 spiro atoms. The average Bonchev–Trinajstić information content (AvgIpc) is 2.87. The SMILES string of the molecule is O=C(O[C@@H]1CCOC1)N1CC(Nc2ncccn2)C1. The largest absolute Gasteiger partial charge is 0.444 e. The molecule has 7 nitrogen and oxygen atoms in total. The Balaban J connectivity index is 1.41. The molecule has 2 aliphatic rings. The van der Waals surface area contributed by atoms with Gasteiger partial charge in [0.15, 0.2) is 0 Å². The average molecular weight is 264 g/mol. The third kappa shape index (κ3) is 2.93. The molecule has 3 heterocycles. The molecule has 1 atom stereocenters. The van der Waals surface area contributed by atoms with Crippen LogP contribution in [0.25, 0.3) is 0 Å². The Morgan fingerprint density at radius 1 is 1.42 bits per heavy atom. The van der Waals surface area contributed by atoms with Crippen molar-refractivity contribution in [1.29, 1.82) is 0 Å². The van der Waals surface area contributed by atoms with Crippen molar-refractivity contribution < 1.29 is 14.3 Å². The van der Waals surface area contributed by atoms with Crippen LogP contribution in [0.4, 0.5) is 10.7 Å². The summed E-state index contributed by atoms with van der Waals surface area (Å²) in [6.45, 7) is 2.42. The Labute approximate surface area is 110 Å². The summed E-state index contributed by atoms with van der Waals surface area (Å²) in [5, 5.41) is 3.16. The van der Waals surface area contributed by atoms with Crippen LogP contribution >= 0.6 is 0 Å². The zero-order valence-corrected chi connectivity index (χ0v) is 10.5. The predicted molar refractivity (Wildman–Crippen MR) is 66.7 cm³/mol. The van der Waals surface area contributed by atoms with E-state index in [9.17, 15) is 4.79 Å². The second-order valence-corrected chi connectivity index (χ2v) is 4.69. The van der Waals surface area contributed by atoms with Crippen LogP contribution in [0.3, 0.4) is 0 Å². The molecule has 0 aliphatic carbocycles. The molecule has 1 aromatic heterocycles. The van der Waals surface area contributed by atoms with Gasteiger partial charge < -0.3 is 19.7 Å². The maximum atomic E-state index is 11.8. The van der Waals surface area contributed by atoms with E-state index in [0.717, 1.165) is 6.42 Å². The van der Waals surface area contributed by atoms with Gasteiger partial charge in [0.05, 0.1) is 19.3 Å². The quantitative estimate of drug-likeness (QED) is 0.856. The molecule has 102 valence electrons. The molecule has 0 aromatic carbocycles. The molecule has 1 amide bonds. The van der Waals surface area contributed by atoms with Crippen molar-refractivity contribution in [2.45, 2.75) is 18.6 Å². The number of hydrogen-bond donors (Lipinski definition) is 1. The number of carbonyl (C=O) groups is 1. The smallest absolute Gasteiger partial charge is 0.410 e. The van der Waals surface area contributed by atoms with Gasteiger partial charge in [-0.05, 0) is 6.07 Å². The minimum atomic E-state index is -0.262. The van der Waals surface area contributed by atoms with Gasteiger partial charge in [-0.1, -0.05) is 0 Å². The van der Waals surface area contributed by atoms with Crippen LogP contribution in [-0.4, -0.2) is 59.4 Å². The molecule has 0 bridgehead atoms. The maximum absolute atomic E-state index is 11.8. The Morgan fingerprint density at radius 3 is 2.89 bits per heavy atom. The third-order valence-electron chi connectivity index (χ3n) is 3.19. The van der Waals surface area contributed by atoms with Gasteiger partial charge in [-0.3, -0.25) is 0 Å². The standard InChI is InChI=1S/C12H16N4O3/c17-12(19-10-2-5-18-8-10)16-6-9(7-16)15-11-13-3-1-4-14-11/h1,3-4,9-10H,2,5-8H2,(H,13,14,15)/t10-/m1/s1. The fraction of sp³-hybridized carbons (Fsp3) is 0.583. The fourth-order valence-electron chi connectivity index (χ4n) is 2.10. The van der Waals surface area contributed by atoms with Gasteiger partial charge in [-0.2, -0.15) is 0 Å². The van der Waals surface area contributed by atoms with E-state index >= 15 is 0 Å². The molecule has 19 heavy (non-hydrogen) atoms. The number of amides is 1. The fourth-order valence-corrected chi connectivity index (χ4v) is 2.10. The molecular weight excluding hydrogens is 248 g/mol. The lowest BCUT2D eigenvalue weighted by Gasteiger charge is -2.38. The van der Waals surface area contributed by atoms with Crippen LogP contribution in [0.15, 0.2) is 18.5 Å². The van der Waals surface area contributed by atoms with Crippen LogP contribution < -0.4 is 5.32 Å². The van der Waals surface area contributed by atoms with E-state index in [-0.39, 0.29) is 18.2 Å². The van der Waals surface area contributed by atoms with Crippen molar-refractivity contribution in [3.8, 4) is 0 Å². The Kier molecular flexibility index (Phi) is 3.45. The maximum Gasteiger partial charge on any atom is 0.410 e. The van der Waals surface area contributed by atoms with E-state index in [0.29, 0.717) is 32.3 Å². The van der Waals surface area contributed by atoms with Crippen molar-refractivity contribution in [1.82, 2.24) is 14.9 Å². The van der Waals surface area contributed by atoms with Crippen LogP contribution in [0.5, 0.6) is 0 Å². The number of anilines is 1. The van der Waals surface area contributed by atoms with Gasteiger partial charge in [-0.15, -0.1) is 0 Å². The van der Waals surface area contributed by atoms with Crippen LogP contribution in [-0.2, 0) is 9.47 Å². The topological polar surface area (TPSA) is 76.6 Å². The van der Waals surface area contributed by atoms with Gasteiger partial charge in [0.1, 0.15) is 6.10 Å². The van der Waals surface area contributed by atoms with E-state index in [1.165, 1.54) is 0 Å². The molecule has 2 aliphatic heterocycles. The highest BCUT2D eigenvalue weighted by Crippen LogP contribution is 2.16. The zero-order valence-electron chi connectivity index (χ0n) is 10.5. The van der Waals surface area contributed by atoms with Gasteiger partial charge in [-0.25, -0.2) is 14.8 Å². The molecule has 1 N–H and O–H groups in total. The van der Waals surface area contributed by atoms with Crippen LogP contribution in [0.2, 0.25) is 0 Å². The lowest BCUT2D eigenvalue weighted by molar-refractivity contribution is 0.0375. The van der Waals surface area contributed by atoms with Gasteiger partial charge in [0.25, 0.3) is 0 Å². The van der Waals surface area contributed by atoms with E-state index in [2.05, 4.69) is 15.3 Å². The molecule has 3 rings (SSSR count). The van der Waals surface area contributed by atoms with E-state index < -0.39 is 0 Å². The highest BCUT2D eigenvalue weighted by molar-refractivity contribution is 5.69. The number of carbonyl (C=O) groups excluding carboxylic acids is 1. The van der Waals surface area contributed by atoms with Crippen molar-refractivity contribution in [2.75, 3.05) is 31.6 Å². The number of aromatic nitrogens is 2. The van der Waals surface area contributed by atoms with Crippen LogP contribution in [0.1, 0.15) is 6.42 Å². The first-order chi connectivity index (χ1) is 9.31. The van der Waals surface area contributed by atoms with Crippen molar-refractivity contribution in [3.05, 3.63) is 18.5 Å². The van der Waals surface area contributed by atoms with Crippen molar-refractivity contribution in [2.24, 2.45) is 0 Å². The van der Waals surface area contributed by atoms with Crippen molar-refractivity contribution in [3.63, 3.8) is 0 Å². The lowest BCUT2D eigenvalue weighted by Crippen LogP contribution is -2.57. The third-order valence-corrected chi connectivity index (χ3v) is 3.19. The highest BCUT2D eigenvalue weighted by Gasteiger charge is 2.33. The monoisotopic (exact) mass is 264 g/mol. The van der Waals surface area contributed by atoms with Gasteiger partial charge >= 0.3 is 6.09 Å². The number of ether oxygens (including phenoxy) is 2. The van der Waals surface area contributed by atoms with Crippen molar-refractivity contribution >= 4 is 12.0 Å². The Hall–Kier alpha value is -1.89. The zero-order chi connectivity index (χ0) is 13.1. The number of likely N-dealkylation sites (tertiary alicyclic amines) is 1. The molecule has 7 heteroatoms. The first kappa shape index (κ1) is 12.2. The second kappa shape index (κ2) is 5.40. The Bertz CT molecular complexity index is 430. The van der Waals surface area contributed by atoms with Gasteiger partial charge in [0, 0.05) is 31.9 Å². The van der Waals surface area contributed by atoms with E-state index in [1.54, 1.807) is 23.4 Å². The number of hydrogen-bond acceptors (Lipinski definition) is 6. The Morgan fingerprint density at radius 2 is 2.21 bits per heavy atom. The highest BCUT2D eigenvalue weighted by atomic mass is 16.6. The molecule has 2 fully saturated rings. The van der Waals surface area contributed by atoms with Gasteiger partial charge in [0.2, 0.25) is 5.95 Å². The number of nitrogens with one attached hydrogen (secondary N) is 1. The first-order valence-electron chi connectivity index (χ1n) is 6.38. The molecule has 0 radical (unpaired) electrons. The summed E-state index contributed by atoms with van der Waals surface area (Å²) in [5.41, 5.74) is 0. The van der Waals surface area contributed by atoms with Crippen LogP contribution in [0, 0.1) is 0 Å². The molecule has 0 unspecified atom stereocenters. The minimum absolute atomic E-state index is 0.0861. The summed E-state index contributed by atoms with van der Waals surface area (Å²) >= 11 is 0. The molecular formula is C12H16N4O3. The number of nitrogens with zero attached hydrogens (tertiary/aromatic N) is 3. The summed E-state index contributed by atoms with van der Waals surface area (Å²) in [5.74, 6) is 0.588. The summed E-state index contributed by atoms with van der Waals surface area (Å²) < 4.78 is 10.5. The minimum Gasteiger partial charge on any atom is -0.444 e. The summed E-state index contributed by atoms with van der Waals surface area (Å²) in [6, 6.07) is 1.95. The molecule has 0 saturated carbocycles. The molecule has 2 saturated heterocycles. The normalized spacial score (nSPS) is 22.9. The molecule has 1 aromatic rings. The summed E-state index contributed by atoms with van der Waals surface area (Å²) in [7, 11) is 0. The first-order valence-corrected chi connectivity index (χ1v) is 6.38. The van der Waals surface area contributed by atoms with E-state index in [4.69, 9.17) is 9.47 Å². The predicted octanol–water partition coefficient (Wildman–Crippen LogP) is 0.498. The summed E-state index contributed by atoms with van der Waals surface area (Å²) in [6.07, 6.45) is 3.80. The van der Waals surface area contributed by atoms with E-state index in [1.807, 2.05) is 0 Å².